The van der Waals surface area contributed by atoms with E-state index in [4.69, 9.17) is 0 Å². The van der Waals surface area contributed by atoms with Gasteiger partial charge in [0.2, 0.25) is 11.1 Å². The molecule has 1 fully saturated rings. The zero-order valence-corrected chi connectivity index (χ0v) is 10.9. The molecule has 0 unspecified atom stereocenters. The zero-order valence-electron chi connectivity index (χ0n) is 10.1. The molecule has 94 valence electrons. The number of tetrazole rings is 1. The van der Waals surface area contributed by atoms with Gasteiger partial charge in [-0.05, 0) is 36.6 Å². The third-order valence-electron chi connectivity index (χ3n) is 2.56. The van der Waals surface area contributed by atoms with Crippen molar-refractivity contribution in [2.75, 3.05) is 6.54 Å². The van der Waals surface area contributed by atoms with E-state index in [-0.39, 0.29) is 11.2 Å². The Morgan fingerprint density at radius 2 is 2.41 bits per heavy atom. The number of rotatable bonds is 6. The van der Waals surface area contributed by atoms with Crippen molar-refractivity contribution in [3.05, 3.63) is 0 Å². The molecule has 1 N–H and O–H groups in total. The molecule has 1 heterocycles. The highest BCUT2D eigenvalue weighted by atomic mass is 32.2. The molecule has 0 bridgehead atoms. The smallest absolute Gasteiger partial charge is 0.233 e. The number of hydrogen-bond acceptors (Lipinski definition) is 5. The van der Waals surface area contributed by atoms with E-state index in [1.807, 2.05) is 18.5 Å². The normalized spacial score (nSPS) is 16.8. The number of hydrogen-bond donors (Lipinski definition) is 1. The van der Waals surface area contributed by atoms with Crippen LogP contribution in [-0.4, -0.2) is 37.9 Å². The van der Waals surface area contributed by atoms with Crippen LogP contribution in [0.4, 0.5) is 0 Å². The molecule has 0 spiro atoms. The van der Waals surface area contributed by atoms with Crippen LogP contribution in [0.3, 0.4) is 0 Å². The van der Waals surface area contributed by atoms with E-state index in [0.717, 1.165) is 31.0 Å². The Kier molecular flexibility index (Phi) is 3.98. The largest absolute Gasteiger partial charge is 0.355 e. The van der Waals surface area contributed by atoms with Gasteiger partial charge in [0.15, 0.2) is 0 Å². The third kappa shape index (κ3) is 3.18. The Bertz CT molecular complexity index is 390. The Hall–Kier alpha value is -1.11. The van der Waals surface area contributed by atoms with Crippen LogP contribution in [-0.2, 0) is 4.79 Å². The van der Waals surface area contributed by atoms with Gasteiger partial charge in [-0.15, -0.1) is 5.10 Å². The molecule has 0 radical (unpaired) electrons. The van der Waals surface area contributed by atoms with Crippen LogP contribution in [0, 0.1) is 0 Å². The number of amides is 1. The molecule has 1 saturated carbocycles. The SMILES string of the molecule is CCCNC(=O)[C@@H](C)Sc1nnnn1C1CC1. The molecule has 0 saturated heterocycles. The number of thioether (sulfide) groups is 1. The maximum Gasteiger partial charge on any atom is 0.233 e. The lowest BCUT2D eigenvalue weighted by Gasteiger charge is -2.10. The van der Waals surface area contributed by atoms with E-state index in [0.29, 0.717) is 6.04 Å². The second-order valence-electron chi connectivity index (χ2n) is 4.19. The molecule has 17 heavy (non-hydrogen) atoms. The number of carbonyl (C=O) groups excluding carboxylic acids is 1. The Morgan fingerprint density at radius 1 is 1.65 bits per heavy atom. The van der Waals surface area contributed by atoms with Crippen LogP contribution >= 0.6 is 11.8 Å². The van der Waals surface area contributed by atoms with E-state index in [9.17, 15) is 4.79 Å². The number of aromatic nitrogens is 4. The molecule has 7 heteroatoms. The van der Waals surface area contributed by atoms with Gasteiger partial charge in [-0.3, -0.25) is 4.79 Å². The lowest BCUT2D eigenvalue weighted by atomic mass is 10.4. The lowest BCUT2D eigenvalue weighted by molar-refractivity contribution is -0.120. The van der Waals surface area contributed by atoms with Gasteiger partial charge < -0.3 is 5.32 Å². The summed E-state index contributed by atoms with van der Waals surface area (Å²) in [6, 6.07) is 0.443. The van der Waals surface area contributed by atoms with Crippen molar-refractivity contribution in [3.8, 4) is 0 Å². The van der Waals surface area contributed by atoms with Gasteiger partial charge in [-0.25, -0.2) is 4.68 Å². The van der Waals surface area contributed by atoms with Crippen LogP contribution in [0.1, 0.15) is 39.2 Å². The van der Waals surface area contributed by atoms with Gasteiger partial charge in [-0.2, -0.15) is 0 Å². The van der Waals surface area contributed by atoms with Gasteiger partial charge in [0.25, 0.3) is 0 Å². The highest BCUT2D eigenvalue weighted by molar-refractivity contribution is 8.00. The van der Waals surface area contributed by atoms with Crippen LogP contribution in [0.5, 0.6) is 0 Å². The van der Waals surface area contributed by atoms with E-state index in [2.05, 4.69) is 20.8 Å². The number of carbonyl (C=O) groups is 1. The first-order chi connectivity index (χ1) is 8.22. The first-order valence-corrected chi connectivity index (χ1v) is 6.82. The summed E-state index contributed by atoms with van der Waals surface area (Å²) in [6.45, 7) is 4.63. The van der Waals surface area contributed by atoms with Crippen LogP contribution < -0.4 is 5.32 Å². The van der Waals surface area contributed by atoms with Crippen LogP contribution in [0.15, 0.2) is 5.16 Å². The molecular weight excluding hydrogens is 238 g/mol. The predicted octanol–water partition coefficient (Wildman–Crippen LogP) is 1.01. The van der Waals surface area contributed by atoms with Crippen molar-refractivity contribution in [2.45, 2.75) is 49.6 Å². The average Bonchev–Trinajstić information content (AvgIpc) is 3.07. The summed E-state index contributed by atoms with van der Waals surface area (Å²) in [5.41, 5.74) is 0. The lowest BCUT2D eigenvalue weighted by Crippen LogP contribution is -2.31. The maximum atomic E-state index is 11.7. The van der Waals surface area contributed by atoms with Crippen LogP contribution in [0.2, 0.25) is 0 Å². The standard InChI is InChI=1S/C10H17N5OS/c1-3-6-11-9(16)7(2)17-10-12-13-14-15(10)8-4-5-8/h7-8H,3-6H2,1-2H3,(H,11,16)/t7-/m1/s1. The highest BCUT2D eigenvalue weighted by Crippen LogP contribution is 2.37. The fourth-order valence-corrected chi connectivity index (χ4v) is 2.30. The summed E-state index contributed by atoms with van der Waals surface area (Å²) >= 11 is 1.42. The first kappa shape index (κ1) is 12.3. The summed E-state index contributed by atoms with van der Waals surface area (Å²) in [4.78, 5) is 11.7. The van der Waals surface area contributed by atoms with Crippen molar-refractivity contribution >= 4 is 17.7 Å². The summed E-state index contributed by atoms with van der Waals surface area (Å²) < 4.78 is 1.83. The molecule has 0 aliphatic heterocycles. The Labute approximate surface area is 105 Å². The van der Waals surface area contributed by atoms with Gasteiger partial charge in [0.1, 0.15) is 0 Å². The fourth-order valence-electron chi connectivity index (χ4n) is 1.41. The van der Waals surface area contributed by atoms with Gasteiger partial charge >= 0.3 is 0 Å². The quantitative estimate of drug-likeness (QED) is 0.768. The van der Waals surface area contributed by atoms with Crippen molar-refractivity contribution in [1.82, 2.24) is 25.5 Å². The van der Waals surface area contributed by atoms with Crippen molar-refractivity contribution in [3.63, 3.8) is 0 Å². The van der Waals surface area contributed by atoms with Crippen LogP contribution in [0.25, 0.3) is 0 Å². The molecule has 0 aromatic carbocycles. The highest BCUT2D eigenvalue weighted by Gasteiger charge is 2.29. The Balaban J connectivity index is 1.90. The number of nitrogens with one attached hydrogen (secondary N) is 1. The molecule has 1 aliphatic carbocycles. The van der Waals surface area contributed by atoms with Crippen molar-refractivity contribution in [1.29, 1.82) is 0 Å². The zero-order chi connectivity index (χ0) is 12.3. The monoisotopic (exact) mass is 255 g/mol. The van der Waals surface area contributed by atoms with E-state index < -0.39 is 0 Å². The average molecular weight is 255 g/mol. The summed E-state index contributed by atoms with van der Waals surface area (Å²) in [7, 11) is 0. The van der Waals surface area contributed by atoms with Gasteiger partial charge in [-0.1, -0.05) is 18.7 Å². The maximum absolute atomic E-state index is 11.7. The minimum Gasteiger partial charge on any atom is -0.355 e. The van der Waals surface area contributed by atoms with E-state index >= 15 is 0 Å². The van der Waals surface area contributed by atoms with E-state index in [1.54, 1.807) is 0 Å². The molecule has 1 aromatic rings. The fraction of sp³-hybridized carbons (Fsp3) is 0.800. The van der Waals surface area contributed by atoms with E-state index in [1.165, 1.54) is 11.8 Å². The molecule has 1 aliphatic rings. The molecule has 1 amide bonds. The molecular formula is C10H17N5OS. The Morgan fingerprint density at radius 3 is 3.06 bits per heavy atom. The molecule has 6 nitrogen and oxygen atoms in total. The topological polar surface area (TPSA) is 72.7 Å². The minimum absolute atomic E-state index is 0.0437. The van der Waals surface area contributed by atoms with Crippen molar-refractivity contribution < 1.29 is 4.79 Å². The molecule has 2 rings (SSSR count). The predicted molar refractivity (Wildman–Crippen MR) is 64.7 cm³/mol. The summed E-state index contributed by atoms with van der Waals surface area (Å²) in [5, 5.41) is 15.0. The first-order valence-electron chi connectivity index (χ1n) is 5.94. The molecule has 1 atom stereocenters. The minimum atomic E-state index is -0.162. The van der Waals surface area contributed by atoms with Gasteiger partial charge in [0, 0.05) is 6.54 Å². The third-order valence-corrected chi connectivity index (χ3v) is 3.60. The molecule has 1 aromatic heterocycles. The van der Waals surface area contributed by atoms with Crippen molar-refractivity contribution in [2.24, 2.45) is 0 Å². The summed E-state index contributed by atoms with van der Waals surface area (Å²) in [6.07, 6.45) is 3.22. The second-order valence-corrected chi connectivity index (χ2v) is 5.50. The summed E-state index contributed by atoms with van der Waals surface area (Å²) in [5.74, 6) is 0.0437. The second kappa shape index (κ2) is 5.48. The number of nitrogens with zero attached hydrogens (tertiary/aromatic N) is 4. The van der Waals surface area contributed by atoms with Gasteiger partial charge in [0.05, 0.1) is 11.3 Å².